The number of hydrogen-bond acceptors (Lipinski definition) is 4. The minimum atomic E-state index is -0.404. The van der Waals surface area contributed by atoms with Crippen molar-refractivity contribution in [3.05, 3.63) is 90.0 Å². The van der Waals surface area contributed by atoms with Gasteiger partial charge in [-0.2, -0.15) is 10.4 Å². The molecule has 0 saturated heterocycles. The molecule has 0 aliphatic carbocycles. The number of ether oxygens (including phenoxy) is 1. The summed E-state index contributed by atoms with van der Waals surface area (Å²) in [6, 6.07) is 27.1. The van der Waals surface area contributed by atoms with Crippen molar-refractivity contribution in [3.63, 3.8) is 0 Å². The maximum absolute atomic E-state index is 12.1. The molecule has 5 heteroatoms. The molecule has 0 spiro atoms. The maximum Gasteiger partial charge on any atom is 0.277 e. The molecular formula is C24H17N3O2. The van der Waals surface area contributed by atoms with E-state index in [1.54, 1.807) is 30.5 Å². The fourth-order valence-corrected chi connectivity index (χ4v) is 3.22. The van der Waals surface area contributed by atoms with Crippen molar-refractivity contribution in [2.45, 2.75) is 0 Å². The molecule has 140 valence electrons. The molecule has 0 saturated carbocycles. The molecule has 0 unspecified atom stereocenters. The van der Waals surface area contributed by atoms with Crippen LogP contribution >= 0.6 is 0 Å². The lowest BCUT2D eigenvalue weighted by Gasteiger charge is -2.08. The van der Waals surface area contributed by atoms with E-state index in [9.17, 15) is 4.79 Å². The van der Waals surface area contributed by atoms with Crippen LogP contribution in [-0.2, 0) is 4.79 Å². The highest BCUT2D eigenvalue weighted by Gasteiger charge is 2.07. The van der Waals surface area contributed by atoms with E-state index in [4.69, 9.17) is 10.00 Å². The molecule has 1 amide bonds. The lowest BCUT2D eigenvalue weighted by Crippen LogP contribution is -2.24. The third kappa shape index (κ3) is 3.92. The van der Waals surface area contributed by atoms with Crippen LogP contribution in [-0.4, -0.2) is 18.7 Å². The van der Waals surface area contributed by atoms with Crippen LogP contribution in [0.5, 0.6) is 5.75 Å². The first-order chi connectivity index (χ1) is 14.3. The Morgan fingerprint density at radius 2 is 1.59 bits per heavy atom. The van der Waals surface area contributed by atoms with E-state index in [0.717, 1.165) is 27.1 Å². The predicted octanol–water partition coefficient (Wildman–Crippen LogP) is 4.39. The topological polar surface area (TPSA) is 74.5 Å². The number of nitrogens with zero attached hydrogens (tertiary/aromatic N) is 2. The Labute approximate surface area is 167 Å². The minimum absolute atomic E-state index is 0.230. The van der Waals surface area contributed by atoms with Gasteiger partial charge in [0, 0.05) is 5.56 Å². The molecule has 0 radical (unpaired) electrons. The Balaban J connectivity index is 1.52. The van der Waals surface area contributed by atoms with Crippen LogP contribution in [0.4, 0.5) is 0 Å². The number of nitrogens with one attached hydrogen (secondary N) is 1. The summed E-state index contributed by atoms with van der Waals surface area (Å²) in [6.07, 6.45) is 1.66. The van der Waals surface area contributed by atoms with E-state index in [1.165, 1.54) is 0 Å². The van der Waals surface area contributed by atoms with Crippen LogP contribution < -0.4 is 10.2 Å². The summed E-state index contributed by atoms with van der Waals surface area (Å²) in [6.45, 7) is -0.230. The largest absolute Gasteiger partial charge is 0.482 e. The molecule has 5 nitrogen and oxygen atoms in total. The zero-order valence-corrected chi connectivity index (χ0v) is 15.5. The van der Waals surface area contributed by atoms with Gasteiger partial charge in [-0.05, 0) is 39.7 Å². The Morgan fingerprint density at radius 3 is 2.28 bits per heavy atom. The molecule has 0 bridgehead atoms. The van der Waals surface area contributed by atoms with Gasteiger partial charge in [-0.15, -0.1) is 0 Å². The molecule has 0 aliphatic rings. The normalized spacial score (nSPS) is 10.9. The number of hydrazone groups is 1. The third-order valence-corrected chi connectivity index (χ3v) is 4.56. The average Bonchev–Trinajstić information content (AvgIpc) is 2.77. The fourth-order valence-electron chi connectivity index (χ4n) is 3.22. The minimum Gasteiger partial charge on any atom is -0.482 e. The van der Waals surface area contributed by atoms with Crippen LogP contribution in [0.15, 0.2) is 84.0 Å². The Kier molecular flexibility index (Phi) is 5.17. The number of nitriles is 1. The molecule has 4 aromatic carbocycles. The van der Waals surface area contributed by atoms with E-state index in [-0.39, 0.29) is 6.61 Å². The van der Waals surface area contributed by atoms with E-state index >= 15 is 0 Å². The highest BCUT2D eigenvalue weighted by Crippen LogP contribution is 2.27. The summed E-state index contributed by atoms with van der Waals surface area (Å²) >= 11 is 0. The second kappa shape index (κ2) is 8.24. The average molecular weight is 379 g/mol. The Morgan fingerprint density at radius 1 is 0.966 bits per heavy atom. The van der Waals surface area contributed by atoms with E-state index in [1.807, 2.05) is 42.5 Å². The summed E-state index contributed by atoms with van der Waals surface area (Å²) in [7, 11) is 0. The monoisotopic (exact) mass is 379 g/mol. The van der Waals surface area contributed by atoms with Gasteiger partial charge in [0.05, 0.1) is 11.8 Å². The van der Waals surface area contributed by atoms with Gasteiger partial charge >= 0.3 is 0 Å². The van der Waals surface area contributed by atoms with Crippen LogP contribution in [0.1, 0.15) is 11.1 Å². The number of carbonyl (C=O) groups excluding carboxylic acids is 1. The summed E-state index contributed by atoms with van der Waals surface area (Å²) < 4.78 is 5.42. The van der Waals surface area contributed by atoms with Crippen LogP contribution in [0.3, 0.4) is 0 Å². The molecule has 0 aliphatic heterocycles. The SMILES string of the molecule is N#Cc1ccccc1OCC(=O)N/N=C/c1c2ccccc2cc2ccccc12. The van der Waals surface area contributed by atoms with E-state index in [2.05, 4.69) is 28.7 Å². The second-order valence-electron chi connectivity index (χ2n) is 6.42. The second-order valence-corrected chi connectivity index (χ2v) is 6.42. The van der Waals surface area contributed by atoms with Gasteiger partial charge in [-0.1, -0.05) is 60.7 Å². The summed E-state index contributed by atoms with van der Waals surface area (Å²) in [5.41, 5.74) is 3.81. The van der Waals surface area contributed by atoms with E-state index in [0.29, 0.717) is 11.3 Å². The first-order valence-corrected chi connectivity index (χ1v) is 9.10. The van der Waals surface area contributed by atoms with Crippen molar-refractivity contribution in [1.29, 1.82) is 5.26 Å². The van der Waals surface area contributed by atoms with Gasteiger partial charge < -0.3 is 4.74 Å². The first kappa shape index (κ1) is 18.2. The zero-order chi connectivity index (χ0) is 20.1. The molecule has 0 atom stereocenters. The Bertz CT molecular complexity index is 1220. The van der Waals surface area contributed by atoms with Crippen molar-refractivity contribution < 1.29 is 9.53 Å². The van der Waals surface area contributed by atoms with Crippen molar-refractivity contribution in [2.24, 2.45) is 5.10 Å². The fraction of sp³-hybridized carbons (Fsp3) is 0.0417. The maximum atomic E-state index is 12.1. The smallest absolute Gasteiger partial charge is 0.277 e. The molecule has 4 aromatic rings. The molecule has 4 rings (SSSR count). The molecule has 1 N–H and O–H groups in total. The summed E-state index contributed by atoms with van der Waals surface area (Å²) in [5, 5.41) is 17.5. The lowest BCUT2D eigenvalue weighted by molar-refractivity contribution is -0.123. The molecular weight excluding hydrogens is 362 g/mol. The highest BCUT2D eigenvalue weighted by molar-refractivity contribution is 6.13. The standard InChI is InChI=1S/C24H17N3O2/c25-14-19-9-3-6-12-23(19)29-16-24(28)27-26-15-22-20-10-4-1-7-17(20)13-18-8-2-5-11-21(18)22/h1-13,15H,16H2,(H,27,28)/b26-15+. The molecule has 29 heavy (non-hydrogen) atoms. The van der Waals surface area contributed by atoms with Gasteiger partial charge in [-0.25, -0.2) is 5.43 Å². The molecule has 0 aromatic heterocycles. The molecule has 0 fully saturated rings. The number of amides is 1. The number of fused-ring (bicyclic) bond motifs is 2. The van der Waals surface area contributed by atoms with Gasteiger partial charge in [0.2, 0.25) is 0 Å². The number of rotatable bonds is 5. The molecule has 0 heterocycles. The van der Waals surface area contributed by atoms with Gasteiger partial charge in [0.15, 0.2) is 6.61 Å². The van der Waals surface area contributed by atoms with Crippen LogP contribution in [0.2, 0.25) is 0 Å². The van der Waals surface area contributed by atoms with Crippen LogP contribution in [0.25, 0.3) is 21.5 Å². The number of hydrogen-bond donors (Lipinski definition) is 1. The van der Waals surface area contributed by atoms with Gasteiger partial charge in [-0.3, -0.25) is 4.79 Å². The summed E-state index contributed by atoms with van der Waals surface area (Å²) in [5.74, 6) is -0.0345. The predicted molar refractivity (Wildman–Crippen MR) is 114 cm³/mol. The number of benzene rings is 4. The first-order valence-electron chi connectivity index (χ1n) is 9.10. The lowest BCUT2D eigenvalue weighted by atomic mass is 9.97. The van der Waals surface area contributed by atoms with Crippen LogP contribution in [0, 0.1) is 11.3 Å². The van der Waals surface area contributed by atoms with Gasteiger partial charge in [0.1, 0.15) is 11.8 Å². The highest BCUT2D eigenvalue weighted by atomic mass is 16.5. The number of carbonyl (C=O) groups is 1. The van der Waals surface area contributed by atoms with Crippen molar-refractivity contribution in [2.75, 3.05) is 6.61 Å². The van der Waals surface area contributed by atoms with Crippen molar-refractivity contribution >= 4 is 33.7 Å². The van der Waals surface area contributed by atoms with Crippen molar-refractivity contribution in [1.82, 2.24) is 5.43 Å². The summed E-state index contributed by atoms with van der Waals surface area (Å²) in [4.78, 5) is 12.1. The Hall–Kier alpha value is -4.17. The number of para-hydroxylation sites is 1. The zero-order valence-electron chi connectivity index (χ0n) is 15.5. The van der Waals surface area contributed by atoms with Gasteiger partial charge in [0.25, 0.3) is 5.91 Å². The third-order valence-electron chi connectivity index (χ3n) is 4.56. The van der Waals surface area contributed by atoms with Crippen molar-refractivity contribution in [3.8, 4) is 11.8 Å². The van der Waals surface area contributed by atoms with E-state index < -0.39 is 5.91 Å². The quantitative estimate of drug-likeness (QED) is 0.317.